The van der Waals surface area contributed by atoms with Crippen LogP contribution in [0.25, 0.3) is 127 Å². The fourth-order valence-electron chi connectivity index (χ4n) is 11.7. The van der Waals surface area contributed by atoms with Gasteiger partial charge in [0.15, 0.2) is 5.82 Å². The van der Waals surface area contributed by atoms with Gasteiger partial charge in [-0.2, -0.15) is 0 Å². The summed E-state index contributed by atoms with van der Waals surface area (Å²) in [6, 6.07) is 86.2. The summed E-state index contributed by atoms with van der Waals surface area (Å²) in [4.78, 5) is 11.1. The van der Waals surface area contributed by atoms with Gasteiger partial charge in [-0.15, -0.1) is 0 Å². The van der Waals surface area contributed by atoms with E-state index in [0.717, 1.165) is 77.5 Å². The molecule has 0 spiro atoms. The Bertz CT molecular complexity index is 4240. The predicted octanol–water partition coefficient (Wildman–Crippen LogP) is 17.7. The van der Waals surface area contributed by atoms with Gasteiger partial charge in [-0.05, 0) is 120 Å². The molecule has 1 aliphatic rings. The molecule has 0 fully saturated rings. The molecule has 0 saturated carbocycles. The lowest BCUT2D eigenvalue weighted by atomic mass is 9.79. The van der Waals surface area contributed by atoms with E-state index in [2.05, 4.69) is 255 Å². The van der Waals surface area contributed by atoms with Crippen molar-refractivity contribution in [2.75, 3.05) is 0 Å². The third kappa shape index (κ3) is 6.21. The number of nitrogens with zero attached hydrogens (tertiary/aromatic N) is 3. The van der Waals surface area contributed by atoms with E-state index < -0.39 is 0 Å². The molecule has 0 radical (unpaired) electrons. The fourth-order valence-corrected chi connectivity index (χ4v) is 11.7. The average Bonchev–Trinajstić information content (AvgIpc) is 3.86. The second-order valence-electron chi connectivity index (χ2n) is 19.3. The van der Waals surface area contributed by atoms with Crippen LogP contribution in [0.4, 0.5) is 0 Å². The minimum Gasteiger partial charge on any atom is -0.309 e. The van der Waals surface area contributed by atoms with E-state index in [4.69, 9.17) is 9.97 Å². The van der Waals surface area contributed by atoms with Crippen LogP contribution in [0.1, 0.15) is 25.0 Å². The summed E-state index contributed by atoms with van der Waals surface area (Å²) in [6.07, 6.45) is 0. The van der Waals surface area contributed by atoms with E-state index >= 15 is 0 Å². The Morgan fingerprint density at radius 3 is 1.70 bits per heavy atom. The minimum atomic E-state index is -0.139. The SMILES string of the molecule is CC1(C)c2ccccc2-c2cccc(-c3ccc4c(c3)c3cc5ccccc5cc3n4-c3cc(-c4nc(-c5ccccc5)c5cc(-c6ccccc6)c(-c6ccccc6)cc5n4)cc4ccccc34)c21. The quantitative estimate of drug-likeness (QED) is 0.167. The van der Waals surface area contributed by atoms with Crippen LogP contribution >= 0.6 is 0 Å². The Morgan fingerprint density at radius 2 is 0.943 bits per heavy atom. The summed E-state index contributed by atoms with van der Waals surface area (Å²) < 4.78 is 2.49. The predicted molar refractivity (Wildman–Crippen MR) is 294 cm³/mol. The molecule has 2 aromatic heterocycles. The zero-order valence-corrected chi connectivity index (χ0v) is 38.9. The molecule has 3 nitrogen and oxygen atoms in total. The van der Waals surface area contributed by atoms with Gasteiger partial charge >= 0.3 is 0 Å². The highest BCUT2D eigenvalue weighted by Gasteiger charge is 2.37. The lowest BCUT2D eigenvalue weighted by Gasteiger charge is -2.24. The van der Waals surface area contributed by atoms with Crippen molar-refractivity contribution < 1.29 is 0 Å². The summed E-state index contributed by atoms with van der Waals surface area (Å²) >= 11 is 0. The van der Waals surface area contributed by atoms with E-state index in [1.54, 1.807) is 0 Å². The van der Waals surface area contributed by atoms with Crippen molar-refractivity contribution in [3.63, 3.8) is 0 Å². The van der Waals surface area contributed by atoms with Crippen LogP contribution < -0.4 is 0 Å². The van der Waals surface area contributed by atoms with Crippen LogP contribution in [0.5, 0.6) is 0 Å². The normalized spacial score (nSPS) is 12.8. The third-order valence-corrected chi connectivity index (χ3v) is 14.9. The van der Waals surface area contributed by atoms with Crippen molar-refractivity contribution >= 4 is 54.3 Å². The summed E-state index contributed by atoms with van der Waals surface area (Å²) in [7, 11) is 0. The maximum atomic E-state index is 5.55. The minimum absolute atomic E-state index is 0.139. The second-order valence-corrected chi connectivity index (χ2v) is 19.3. The van der Waals surface area contributed by atoms with Crippen molar-refractivity contribution in [2.45, 2.75) is 19.3 Å². The number of rotatable bonds is 6. The van der Waals surface area contributed by atoms with E-state index in [-0.39, 0.29) is 5.41 Å². The zero-order valence-electron chi connectivity index (χ0n) is 38.9. The Balaban J connectivity index is 1.02. The van der Waals surface area contributed by atoms with Gasteiger partial charge in [0.25, 0.3) is 0 Å². The van der Waals surface area contributed by atoms with Gasteiger partial charge in [0, 0.05) is 38.1 Å². The molecule has 0 amide bonds. The van der Waals surface area contributed by atoms with Gasteiger partial charge in [-0.25, -0.2) is 9.97 Å². The fraction of sp³-hybridized carbons (Fsp3) is 0.0448. The lowest BCUT2D eigenvalue weighted by molar-refractivity contribution is 0.662. The Kier molecular flexibility index (Phi) is 8.93. The number of benzene rings is 11. The van der Waals surface area contributed by atoms with Crippen LogP contribution in [0.2, 0.25) is 0 Å². The molecule has 70 heavy (non-hydrogen) atoms. The molecule has 328 valence electrons. The molecule has 2 heterocycles. The monoisotopic (exact) mass is 891 g/mol. The first-order chi connectivity index (χ1) is 34.5. The van der Waals surface area contributed by atoms with Crippen LogP contribution in [-0.2, 0) is 5.41 Å². The average molecular weight is 892 g/mol. The number of fused-ring (bicyclic) bond motifs is 9. The summed E-state index contributed by atoms with van der Waals surface area (Å²) in [5.74, 6) is 0.680. The number of hydrogen-bond donors (Lipinski definition) is 0. The second kappa shape index (κ2) is 15.6. The molecule has 0 N–H and O–H groups in total. The Morgan fingerprint density at radius 1 is 0.343 bits per heavy atom. The molecular formula is C67H45N3. The van der Waals surface area contributed by atoms with Gasteiger partial charge in [0.2, 0.25) is 0 Å². The first kappa shape index (κ1) is 40.2. The zero-order chi connectivity index (χ0) is 46.5. The number of hydrogen-bond acceptors (Lipinski definition) is 2. The highest BCUT2D eigenvalue weighted by Crippen LogP contribution is 2.52. The first-order valence-corrected chi connectivity index (χ1v) is 24.2. The maximum Gasteiger partial charge on any atom is 0.160 e. The van der Waals surface area contributed by atoms with Crippen molar-refractivity contribution in [1.82, 2.24) is 14.5 Å². The van der Waals surface area contributed by atoms with Crippen molar-refractivity contribution in [3.05, 3.63) is 248 Å². The molecule has 0 aliphatic heterocycles. The first-order valence-electron chi connectivity index (χ1n) is 24.2. The molecule has 0 unspecified atom stereocenters. The van der Waals surface area contributed by atoms with Crippen LogP contribution in [0.3, 0.4) is 0 Å². The summed E-state index contributed by atoms with van der Waals surface area (Å²) in [6.45, 7) is 4.75. The van der Waals surface area contributed by atoms with E-state index in [9.17, 15) is 0 Å². The van der Waals surface area contributed by atoms with E-state index in [0.29, 0.717) is 5.82 Å². The molecule has 11 aromatic carbocycles. The highest BCUT2D eigenvalue weighted by atomic mass is 15.0. The topological polar surface area (TPSA) is 30.7 Å². The molecule has 0 saturated heterocycles. The van der Waals surface area contributed by atoms with Crippen LogP contribution in [-0.4, -0.2) is 14.5 Å². The van der Waals surface area contributed by atoms with Gasteiger partial charge in [-0.1, -0.05) is 202 Å². The van der Waals surface area contributed by atoms with Crippen LogP contribution in [0.15, 0.2) is 237 Å². The smallest absolute Gasteiger partial charge is 0.160 e. The molecule has 14 rings (SSSR count). The van der Waals surface area contributed by atoms with Crippen molar-refractivity contribution in [3.8, 4) is 72.8 Å². The lowest BCUT2D eigenvalue weighted by Crippen LogP contribution is -2.16. The van der Waals surface area contributed by atoms with Crippen molar-refractivity contribution in [1.29, 1.82) is 0 Å². The van der Waals surface area contributed by atoms with E-state index in [1.807, 2.05) is 0 Å². The Hall–Kier alpha value is -8.92. The Labute approximate surface area is 406 Å². The molecular weight excluding hydrogens is 847 g/mol. The highest BCUT2D eigenvalue weighted by molar-refractivity contribution is 6.16. The third-order valence-electron chi connectivity index (χ3n) is 14.9. The van der Waals surface area contributed by atoms with Gasteiger partial charge in [-0.3, -0.25) is 0 Å². The van der Waals surface area contributed by atoms with Gasteiger partial charge in [0.1, 0.15) is 0 Å². The van der Waals surface area contributed by atoms with E-state index in [1.165, 1.54) is 54.9 Å². The number of aromatic nitrogens is 3. The summed E-state index contributed by atoms with van der Waals surface area (Å²) in [5, 5.41) is 8.15. The summed E-state index contributed by atoms with van der Waals surface area (Å²) in [5.41, 5.74) is 19.6. The largest absolute Gasteiger partial charge is 0.309 e. The van der Waals surface area contributed by atoms with Crippen LogP contribution in [0, 0.1) is 0 Å². The standard InChI is InChI=1S/C67H45N3/c1-67(2)59-32-17-16-29-52(59)53-31-18-30-51(64(53)67)48-33-34-61-56(37-48)57-36-45-25-12-13-26-46(45)38-63(57)70(61)62-39-49(35-47-27-14-15-28-50(47)62)66-68-60-41-55(43-21-8-4-9-22-43)54(42-19-6-3-7-20-42)40-58(60)65(69-66)44-23-10-5-11-24-44/h3-41H,1-2H3. The van der Waals surface area contributed by atoms with Gasteiger partial charge in [0.05, 0.1) is 27.9 Å². The molecule has 13 aromatic rings. The molecule has 3 heteroatoms. The van der Waals surface area contributed by atoms with Crippen molar-refractivity contribution in [2.24, 2.45) is 0 Å². The molecule has 1 aliphatic carbocycles. The molecule has 0 bridgehead atoms. The molecule has 0 atom stereocenters. The maximum absolute atomic E-state index is 5.55. The van der Waals surface area contributed by atoms with Gasteiger partial charge < -0.3 is 4.57 Å².